The topological polar surface area (TPSA) is 40.5 Å². The Kier molecular flexibility index (Phi) is 3.05. The minimum absolute atomic E-state index is 0.0650. The summed E-state index contributed by atoms with van der Waals surface area (Å²) in [5.74, 6) is 0.335. The van der Waals surface area contributed by atoms with Crippen molar-refractivity contribution < 1.29 is 10.2 Å². The standard InChI is InChI=1S/C15H16O2/c1-10(2)11-6-8-12(9-7-11)13-4-3-5-14(16)15(13)17/h3-10,16-17H,1-2H3. The number of hydrogen-bond donors (Lipinski definition) is 2. The van der Waals surface area contributed by atoms with Crippen LogP contribution in [0.25, 0.3) is 11.1 Å². The smallest absolute Gasteiger partial charge is 0.165 e. The maximum Gasteiger partial charge on any atom is 0.165 e. The number of rotatable bonds is 2. The molecule has 0 aliphatic carbocycles. The number of para-hydroxylation sites is 1. The molecule has 2 rings (SSSR count). The maximum absolute atomic E-state index is 9.78. The Hall–Kier alpha value is -1.96. The van der Waals surface area contributed by atoms with Gasteiger partial charge in [-0.15, -0.1) is 0 Å². The first kappa shape index (κ1) is 11.5. The van der Waals surface area contributed by atoms with Gasteiger partial charge < -0.3 is 10.2 Å². The Morgan fingerprint density at radius 1 is 0.882 bits per heavy atom. The number of benzene rings is 2. The summed E-state index contributed by atoms with van der Waals surface area (Å²) in [5, 5.41) is 19.2. The molecule has 0 unspecified atom stereocenters. The van der Waals surface area contributed by atoms with Crippen molar-refractivity contribution in [1.29, 1.82) is 0 Å². The molecule has 2 heteroatoms. The van der Waals surface area contributed by atoms with Crippen LogP contribution in [0.4, 0.5) is 0 Å². The van der Waals surface area contributed by atoms with Gasteiger partial charge in [-0.3, -0.25) is 0 Å². The Balaban J connectivity index is 2.43. The molecule has 88 valence electrons. The van der Waals surface area contributed by atoms with E-state index >= 15 is 0 Å². The van der Waals surface area contributed by atoms with Crippen molar-refractivity contribution in [2.24, 2.45) is 0 Å². The molecular weight excluding hydrogens is 212 g/mol. The summed E-state index contributed by atoms with van der Waals surface area (Å²) in [6, 6.07) is 13.0. The van der Waals surface area contributed by atoms with Gasteiger partial charge in [0.15, 0.2) is 11.5 Å². The second-order valence-corrected chi connectivity index (χ2v) is 4.45. The van der Waals surface area contributed by atoms with Crippen molar-refractivity contribution in [3.05, 3.63) is 48.0 Å². The fourth-order valence-corrected chi connectivity index (χ4v) is 1.81. The summed E-state index contributed by atoms with van der Waals surface area (Å²) in [6.07, 6.45) is 0. The SMILES string of the molecule is CC(C)c1ccc(-c2cccc(O)c2O)cc1. The number of hydrogen-bond acceptors (Lipinski definition) is 2. The third-order valence-electron chi connectivity index (χ3n) is 2.90. The summed E-state index contributed by atoms with van der Waals surface area (Å²) < 4.78 is 0. The van der Waals surface area contributed by atoms with Crippen LogP contribution in [0.1, 0.15) is 25.3 Å². The van der Waals surface area contributed by atoms with Gasteiger partial charge in [0, 0.05) is 5.56 Å². The van der Waals surface area contributed by atoms with Crippen LogP contribution >= 0.6 is 0 Å². The largest absolute Gasteiger partial charge is 0.504 e. The van der Waals surface area contributed by atoms with Gasteiger partial charge in [0.2, 0.25) is 0 Å². The van der Waals surface area contributed by atoms with Crippen molar-refractivity contribution in [1.82, 2.24) is 0 Å². The van der Waals surface area contributed by atoms with E-state index in [-0.39, 0.29) is 11.5 Å². The number of aromatic hydroxyl groups is 2. The van der Waals surface area contributed by atoms with E-state index in [9.17, 15) is 10.2 Å². The maximum atomic E-state index is 9.78. The van der Waals surface area contributed by atoms with Gasteiger partial charge in [-0.2, -0.15) is 0 Å². The van der Waals surface area contributed by atoms with Crippen LogP contribution in [0.5, 0.6) is 11.5 Å². The van der Waals surface area contributed by atoms with Crippen LogP contribution in [0, 0.1) is 0 Å². The molecule has 0 aliphatic rings. The highest BCUT2D eigenvalue weighted by molar-refractivity contribution is 5.73. The van der Waals surface area contributed by atoms with Crippen molar-refractivity contribution in [2.75, 3.05) is 0 Å². The minimum Gasteiger partial charge on any atom is -0.504 e. The van der Waals surface area contributed by atoms with E-state index < -0.39 is 0 Å². The molecule has 0 amide bonds. The van der Waals surface area contributed by atoms with E-state index in [0.717, 1.165) is 5.56 Å². The van der Waals surface area contributed by atoms with Gasteiger partial charge in [0.05, 0.1) is 0 Å². The molecule has 0 bridgehead atoms. The molecule has 0 atom stereocenters. The minimum atomic E-state index is -0.0876. The van der Waals surface area contributed by atoms with Gasteiger partial charge in [0.1, 0.15) is 0 Å². The first-order valence-electron chi connectivity index (χ1n) is 5.71. The fraction of sp³-hybridized carbons (Fsp3) is 0.200. The van der Waals surface area contributed by atoms with Crippen LogP contribution in [0.2, 0.25) is 0 Å². The Labute approximate surface area is 101 Å². The van der Waals surface area contributed by atoms with Crippen molar-refractivity contribution in [2.45, 2.75) is 19.8 Å². The van der Waals surface area contributed by atoms with E-state index in [1.54, 1.807) is 12.1 Å². The Morgan fingerprint density at radius 3 is 2.12 bits per heavy atom. The average molecular weight is 228 g/mol. The predicted octanol–water partition coefficient (Wildman–Crippen LogP) is 3.89. The summed E-state index contributed by atoms with van der Waals surface area (Å²) in [6.45, 7) is 4.28. The fourth-order valence-electron chi connectivity index (χ4n) is 1.81. The van der Waals surface area contributed by atoms with Gasteiger partial charge in [-0.05, 0) is 23.1 Å². The lowest BCUT2D eigenvalue weighted by Gasteiger charge is -2.09. The van der Waals surface area contributed by atoms with Gasteiger partial charge >= 0.3 is 0 Å². The molecule has 2 nitrogen and oxygen atoms in total. The molecule has 2 aromatic carbocycles. The van der Waals surface area contributed by atoms with E-state index in [0.29, 0.717) is 11.5 Å². The lowest BCUT2D eigenvalue weighted by Crippen LogP contribution is -1.87. The lowest BCUT2D eigenvalue weighted by atomic mass is 9.98. The average Bonchev–Trinajstić information content (AvgIpc) is 2.33. The van der Waals surface area contributed by atoms with Gasteiger partial charge in [-0.25, -0.2) is 0 Å². The molecule has 2 N–H and O–H groups in total. The zero-order valence-electron chi connectivity index (χ0n) is 10.0. The normalized spacial score (nSPS) is 10.8. The predicted molar refractivity (Wildman–Crippen MR) is 69.3 cm³/mol. The molecule has 2 aromatic rings. The Bertz CT molecular complexity index is 513. The zero-order valence-corrected chi connectivity index (χ0v) is 10.0. The van der Waals surface area contributed by atoms with E-state index in [4.69, 9.17) is 0 Å². The molecule has 0 radical (unpaired) electrons. The highest BCUT2D eigenvalue weighted by Crippen LogP contribution is 2.36. The van der Waals surface area contributed by atoms with Crippen molar-refractivity contribution in [3.63, 3.8) is 0 Å². The summed E-state index contributed by atoms with van der Waals surface area (Å²) in [4.78, 5) is 0. The third kappa shape index (κ3) is 2.26. The third-order valence-corrected chi connectivity index (χ3v) is 2.90. The van der Waals surface area contributed by atoms with Crippen LogP contribution < -0.4 is 0 Å². The molecule has 0 saturated carbocycles. The number of phenols is 2. The molecule has 17 heavy (non-hydrogen) atoms. The molecule has 0 aromatic heterocycles. The molecule has 0 saturated heterocycles. The molecule has 0 aliphatic heterocycles. The monoisotopic (exact) mass is 228 g/mol. The van der Waals surface area contributed by atoms with Crippen LogP contribution in [0.15, 0.2) is 42.5 Å². The summed E-state index contributed by atoms with van der Waals surface area (Å²) in [5.41, 5.74) is 2.82. The van der Waals surface area contributed by atoms with Crippen LogP contribution in [-0.4, -0.2) is 10.2 Å². The van der Waals surface area contributed by atoms with E-state index in [1.165, 1.54) is 11.6 Å². The first-order valence-corrected chi connectivity index (χ1v) is 5.71. The van der Waals surface area contributed by atoms with Crippen LogP contribution in [0.3, 0.4) is 0 Å². The number of phenolic OH excluding ortho intramolecular Hbond substituents is 2. The molecule has 0 heterocycles. The van der Waals surface area contributed by atoms with E-state index in [1.807, 2.05) is 24.3 Å². The van der Waals surface area contributed by atoms with E-state index in [2.05, 4.69) is 13.8 Å². The highest BCUT2D eigenvalue weighted by Gasteiger charge is 2.08. The molecule has 0 spiro atoms. The zero-order chi connectivity index (χ0) is 12.4. The van der Waals surface area contributed by atoms with Crippen molar-refractivity contribution in [3.8, 4) is 22.6 Å². The second kappa shape index (κ2) is 4.50. The quantitative estimate of drug-likeness (QED) is 0.765. The molecule has 0 fully saturated rings. The van der Waals surface area contributed by atoms with Crippen molar-refractivity contribution >= 4 is 0 Å². The van der Waals surface area contributed by atoms with Crippen LogP contribution in [-0.2, 0) is 0 Å². The molecular formula is C15H16O2. The lowest BCUT2D eigenvalue weighted by molar-refractivity contribution is 0.405. The summed E-state index contributed by atoms with van der Waals surface area (Å²) in [7, 11) is 0. The Morgan fingerprint density at radius 2 is 1.53 bits per heavy atom. The highest BCUT2D eigenvalue weighted by atomic mass is 16.3. The second-order valence-electron chi connectivity index (χ2n) is 4.45. The van der Waals surface area contributed by atoms with Gasteiger partial charge in [-0.1, -0.05) is 50.2 Å². The summed E-state index contributed by atoms with van der Waals surface area (Å²) >= 11 is 0. The first-order chi connectivity index (χ1) is 8.09. The van der Waals surface area contributed by atoms with Gasteiger partial charge in [0.25, 0.3) is 0 Å².